The summed E-state index contributed by atoms with van der Waals surface area (Å²) in [7, 11) is 0. The Hall–Kier alpha value is -1.61. The van der Waals surface area contributed by atoms with E-state index in [9.17, 15) is 0 Å². The number of rotatable bonds is 8. The average molecular weight is 374 g/mol. The van der Waals surface area contributed by atoms with Gasteiger partial charge in [0, 0.05) is 18.6 Å². The molecule has 2 aromatic carbocycles. The van der Waals surface area contributed by atoms with Gasteiger partial charge in [0.05, 0.1) is 0 Å². The highest BCUT2D eigenvalue weighted by Gasteiger charge is 2.42. The molecule has 2 rings (SSSR count). The van der Waals surface area contributed by atoms with E-state index >= 15 is 0 Å². The fourth-order valence-corrected chi connectivity index (χ4v) is 3.47. The van der Waals surface area contributed by atoms with E-state index in [2.05, 4.69) is 82.3 Å². The molecule has 0 heterocycles. The lowest BCUT2D eigenvalue weighted by Gasteiger charge is -2.42. The van der Waals surface area contributed by atoms with Gasteiger partial charge in [-0.1, -0.05) is 79.2 Å². The molecule has 0 aromatic heterocycles. The van der Waals surface area contributed by atoms with E-state index in [0.717, 1.165) is 17.5 Å². The van der Waals surface area contributed by atoms with Gasteiger partial charge in [-0.2, -0.15) is 0 Å². The van der Waals surface area contributed by atoms with Crippen LogP contribution in [0.3, 0.4) is 0 Å². The van der Waals surface area contributed by atoms with Gasteiger partial charge < -0.3 is 10.5 Å². The molecule has 0 bridgehead atoms. The Kier molecular flexibility index (Phi) is 9.07. The minimum atomic E-state index is -0.549. The summed E-state index contributed by atoms with van der Waals surface area (Å²) in [5.41, 5.74) is 9.69. The fourth-order valence-electron chi connectivity index (χ4n) is 3.47. The molecule has 142 valence electrons. The Labute approximate surface area is 164 Å². The highest BCUT2D eigenvalue weighted by molar-refractivity contribution is 5.85. The minimum Gasteiger partial charge on any atom is -0.365 e. The van der Waals surface area contributed by atoms with E-state index in [1.807, 2.05) is 12.1 Å². The number of hydrogen-bond donors (Lipinski definition) is 1. The van der Waals surface area contributed by atoms with Crippen molar-refractivity contribution >= 4 is 12.4 Å². The molecule has 0 aliphatic heterocycles. The predicted octanol–water partition coefficient (Wildman–Crippen LogP) is 5.71. The first-order valence-electron chi connectivity index (χ1n) is 9.16. The first-order valence-corrected chi connectivity index (χ1v) is 9.16. The Bertz CT molecular complexity index is 626. The molecule has 0 spiro atoms. The Morgan fingerprint density at radius 3 is 1.85 bits per heavy atom. The smallest absolute Gasteiger partial charge is 0.122 e. The van der Waals surface area contributed by atoms with Crippen LogP contribution in [-0.4, -0.2) is 12.6 Å². The third kappa shape index (κ3) is 4.97. The molecule has 3 heteroatoms. The molecule has 0 amide bonds. The highest BCUT2D eigenvalue weighted by atomic mass is 35.5. The molecule has 2 N–H and O–H groups in total. The van der Waals surface area contributed by atoms with Gasteiger partial charge in [-0.25, -0.2) is 0 Å². The second kappa shape index (κ2) is 10.5. The van der Waals surface area contributed by atoms with E-state index in [4.69, 9.17) is 10.5 Å². The normalized spacial score (nSPS) is 13.4. The summed E-state index contributed by atoms with van der Waals surface area (Å²) in [5, 5.41) is 0. The fraction of sp³-hybridized carbons (Fsp3) is 0.391. The van der Waals surface area contributed by atoms with Crippen LogP contribution >= 0.6 is 12.4 Å². The van der Waals surface area contributed by atoms with E-state index in [0.29, 0.717) is 6.61 Å². The molecule has 26 heavy (non-hydrogen) atoms. The van der Waals surface area contributed by atoms with Gasteiger partial charge in [0.1, 0.15) is 5.60 Å². The van der Waals surface area contributed by atoms with Crippen LogP contribution in [0.2, 0.25) is 0 Å². The number of benzene rings is 2. The monoisotopic (exact) mass is 373 g/mol. The van der Waals surface area contributed by atoms with Crippen molar-refractivity contribution in [3.8, 4) is 0 Å². The lowest BCUT2D eigenvalue weighted by atomic mass is 9.73. The molecule has 2 atom stereocenters. The molecule has 0 fully saturated rings. The highest BCUT2D eigenvalue weighted by Crippen LogP contribution is 2.42. The largest absolute Gasteiger partial charge is 0.365 e. The first-order chi connectivity index (χ1) is 12.0. The van der Waals surface area contributed by atoms with E-state index in [1.165, 1.54) is 5.57 Å². The molecule has 2 unspecified atom stereocenters. The molecular formula is C23H32ClNO. The number of ether oxygens (including phenoxy) is 1. The third-order valence-electron chi connectivity index (χ3n) is 4.86. The molecular weight excluding hydrogens is 342 g/mol. The Morgan fingerprint density at radius 1 is 1.00 bits per heavy atom. The van der Waals surface area contributed by atoms with Crippen LogP contribution < -0.4 is 5.73 Å². The number of allylic oxidation sites excluding steroid dienone is 1. The SMILES string of the molecule is CCOC(c1ccccc1)(c1ccccc1)C(C)C(N)CC=C(C)C.Cl. The molecule has 0 aliphatic rings. The summed E-state index contributed by atoms with van der Waals surface area (Å²) in [4.78, 5) is 0. The zero-order valence-electron chi connectivity index (χ0n) is 16.3. The van der Waals surface area contributed by atoms with Crippen molar-refractivity contribution < 1.29 is 4.74 Å². The Morgan fingerprint density at radius 2 is 1.46 bits per heavy atom. The van der Waals surface area contributed by atoms with Gasteiger partial charge in [-0.05, 0) is 38.3 Å². The van der Waals surface area contributed by atoms with E-state index < -0.39 is 5.60 Å². The number of nitrogens with two attached hydrogens (primary N) is 1. The number of hydrogen-bond acceptors (Lipinski definition) is 2. The maximum Gasteiger partial charge on any atom is 0.122 e. The van der Waals surface area contributed by atoms with Crippen LogP contribution in [0, 0.1) is 5.92 Å². The van der Waals surface area contributed by atoms with Gasteiger partial charge in [0.25, 0.3) is 0 Å². The van der Waals surface area contributed by atoms with Crippen LogP contribution in [0.1, 0.15) is 45.2 Å². The second-order valence-corrected chi connectivity index (χ2v) is 6.87. The zero-order chi connectivity index (χ0) is 18.3. The molecule has 0 saturated carbocycles. The lowest BCUT2D eigenvalue weighted by Crippen LogP contribution is -2.46. The maximum absolute atomic E-state index is 6.63. The zero-order valence-corrected chi connectivity index (χ0v) is 17.1. The third-order valence-corrected chi connectivity index (χ3v) is 4.86. The standard InChI is InChI=1S/C23H31NO.ClH/c1-5-25-23(20-12-8-6-9-13-20,21-14-10-7-11-15-21)19(4)22(24)17-16-18(2)3;/h6-16,19,22H,5,17,24H2,1-4H3;1H. The van der Waals surface area contributed by atoms with Gasteiger partial charge in [0.15, 0.2) is 0 Å². The van der Waals surface area contributed by atoms with Crippen LogP contribution in [0.5, 0.6) is 0 Å². The van der Waals surface area contributed by atoms with Crippen molar-refractivity contribution in [2.24, 2.45) is 11.7 Å². The quantitative estimate of drug-likeness (QED) is 0.601. The molecule has 0 saturated heterocycles. The van der Waals surface area contributed by atoms with Crippen molar-refractivity contribution in [3.63, 3.8) is 0 Å². The van der Waals surface area contributed by atoms with Crippen molar-refractivity contribution in [2.75, 3.05) is 6.61 Å². The Balaban J connectivity index is 0.00000338. The molecule has 0 aliphatic carbocycles. The predicted molar refractivity (Wildman–Crippen MR) is 114 cm³/mol. The molecule has 2 nitrogen and oxygen atoms in total. The summed E-state index contributed by atoms with van der Waals surface area (Å²) >= 11 is 0. The van der Waals surface area contributed by atoms with Crippen LogP contribution in [0.15, 0.2) is 72.3 Å². The summed E-state index contributed by atoms with van der Waals surface area (Å²) in [5.74, 6) is 0.118. The van der Waals surface area contributed by atoms with Crippen LogP contribution in [-0.2, 0) is 10.3 Å². The van der Waals surface area contributed by atoms with Gasteiger partial charge in [0.2, 0.25) is 0 Å². The number of halogens is 1. The summed E-state index contributed by atoms with van der Waals surface area (Å²) in [6.07, 6.45) is 3.06. The maximum atomic E-state index is 6.63. The molecule has 2 aromatic rings. The van der Waals surface area contributed by atoms with Gasteiger partial charge >= 0.3 is 0 Å². The van der Waals surface area contributed by atoms with E-state index in [-0.39, 0.29) is 24.4 Å². The lowest BCUT2D eigenvalue weighted by molar-refractivity contribution is -0.0580. The van der Waals surface area contributed by atoms with Gasteiger partial charge in [-0.15, -0.1) is 12.4 Å². The first kappa shape index (κ1) is 22.4. The average Bonchev–Trinajstić information content (AvgIpc) is 2.65. The van der Waals surface area contributed by atoms with Crippen molar-refractivity contribution in [3.05, 3.63) is 83.4 Å². The topological polar surface area (TPSA) is 35.2 Å². The molecule has 0 radical (unpaired) electrons. The summed E-state index contributed by atoms with van der Waals surface area (Å²) in [6.45, 7) is 9.11. The van der Waals surface area contributed by atoms with Crippen molar-refractivity contribution in [1.82, 2.24) is 0 Å². The van der Waals surface area contributed by atoms with Gasteiger partial charge in [-0.3, -0.25) is 0 Å². The van der Waals surface area contributed by atoms with Crippen molar-refractivity contribution in [1.29, 1.82) is 0 Å². The van der Waals surface area contributed by atoms with Crippen molar-refractivity contribution in [2.45, 2.75) is 45.8 Å². The van der Waals surface area contributed by atoms with Crippen LogP contribution in [0.4, 0.5) is 0 Å². The van der Waals surface area contributed by atoms with E-state index in [1.54, 1.807) is 0 Å². The second-order valence-electron chi connectivity index (χ2n) is 6.87. The minimum absolute atomic E-state index is 0. The summed E-state index contributed by atoms with van der Waals surface area (Å²) in [6, 6.07) is 20.9. The van der Waals surface area contributed by atoms with Crippen LogP contribution in [0.25, 0.3) is 0 Å². The summed E-state index contributed by atoms with van der Waals surface area (Å²) < 4.78 is 6.49.